The van der Waals surface area contributed by atoms with Crippen molar-refractivity contribution in [2.45, 2.75) is 19.0 Å². The molecule has 0 aliphatic rings. The van der Waals surface area contributed by atoms with Crippen molar-refractivity contribution in [3.05, 3.63) is 120 Å². The minimum absolute atomic E-state index is 0. The van der Waals surface area contributed by atoms with E-state index in [9.17, 15) is 0 Å². The Kier molecular flexibility index (Phi) is 9.44. The highest BCUT2D eigenvalue weighted by Crippen LogP contribution is 2.23. The molecule has 4 aromatic rings. The summed E-state index contributed by atoms with van der Waals surface area (Å²) in [5.74, 6) is 1.02. The molecule has 2 N–H and O–H groups in total. The molecule has 0 unspecified atom stereocenters. The maximum atomic E-state index is 4.42. The van der Waals surface area contributed by atoms with Gasteiger partial charge in [0.05, 0.1) is 6.54 Å². The van der Waals surface area contributed by atoms with Crippen LogP contribution >= 0.6 is 24.0 Å². The number of guanidine groups is 1. The lowest BCUT2D eigenvalue weighted by Gasteiger charge is -2.20. The molecule has 0 fully saturated rings. The second-order valence-electron chi connectivity index (χ2n) is 7.59. The van der Waals surface area contributed by atoms with Crippen molar-refractivity contribution < 1.29 is 0 Å². The van der Waals surface area contributed by atoms with E-state index in [2.05, 4.69) is 111 Å². The van der Waals surface area contributed by atoms with Gasteiger partial charge in [-0.25, -0.2) is 9.67 Å². The van der Waals surface area contributed by atoms with Crippen molar-refractivity contribution in [1.82, 2.24) is 25.4 Å². The first kappa shape index (κ1) is 24.4. The minimum atomic E-state index is 0. The fourth-order valence-corrected chi connectivity index (χ4v) is 3.74. The SMILES string of the molecule is CN=C(NCc1cccc(Cn2cncn2)c1)NCC(c1ccccc1)c1ccccc1.I. The molecule has 0 radical (unpaired) electrons. The largest absolute Gasteiger partial charge is 0.355 e. The fraction of sp³-hybridized carbons (Fsp3) is 0.192. The molecule has 0 spiro atoms. The summed E-state index contributed by atoms with van der Waals surface area (Å²) in [6.45, 7) is 2.14. The molecule has 1 aromatic heterocycles. The lowest BCUT2D eigenvalue weighted by atomic mass is 9.91. The smallest absolute Gasteiger partial charge is 0.191 e. The first-order chi connectivity index (χ1) is 15.8. The van der Waals surface area contributed by atoms with Gasteiger partial charge >= 0.3 is 0 Å². The van der Waals surface area contributed by atoms with Gasteiger partial charge in [0.15, 0.2) is 5.96 Å². The average molecular weight is 552 g/mol. The van der Waals surface area contributed by atoms with Crippen LogP contribution < -0.4 is 10.6 Å². The summed E-state index contributed by atoms with van der Waals surface area (Å²) >= 11 is 0. The van der Waals surface area contributed by atoms with Gasteiger partial charge in [-0.05, 0) is 22.3 Å². The molecular formula is C26H29IN6. The number of benzene rings is 3. The highest BCUT2D eigenvalue weighted by molar-refractivity contribution is 14.0. The van der Waals surface area contributed by atoms with Crippen LogP contribution in [0, 0.1) is 0 Å². The first-order valence-electron chi connectivity index (χ1n) is 10.8. The van der Waals surface area contributed by atoms with Crippen molar-refractivity contribution in [1.29, 1.82) is 0 Å². The molecule has 7 heteroatoms. The van der Waals surface area contributed by atoms with Crippen molar-refractivity contribution in [3.8, 4) is 0 Å². The second kappa shape index (κ2) is 12.7. The van der Waals surface area contributed by atoms with Crippen LogP contribution in [0.25, 0.3) is 0 Å². The third-order valence-electron chi connectivity index (χ3n) is 5.36. The van der Waals surface area contributed by atoms with Crippen molar-refractivity contribution in [2.24, 2.45) is 4.99 Å². The molecule has 0 bridgehead atoms. The summed E-state index contributed by atoms with van der Waals surface area (Å²) in [4.78, 5) is 8.42. The summed E-state index contributed by atoms with van der Waals surface area (Å²) in [6.07, 6.45) is 3.28. The van der Waals surface area contributed by atoms with Crippen LogP contribution in [0.1, 0.15) is 28.2 Å². The van der Waals surface area contributed by atoms with E-state index in [1.807, 2.05) is 4.68 Å². The molecule has 1 heterocycles. The number of halogens is 1. The summed E-state index contributed by atoms with van der Waals surface area (Å²) in [5, 5.41) is 11.1. The summed E-state index contributed by atoms with van der Waals surface area (Å²) < 4.78 is 1.82. The number of aromatic nitrogens is 3. The van der Waals surface area contributed by atoms with Crippen LogP contribution in [0.15, 0.2) is 103 Å². The van der Waals surface area contributed by atoms with Crippen LogP contribution in [0.3, 0.4) is 0 Å². The summed E-state index contributed by atoms with van der Waals surface area (Å²) in [6, 6.07) is 29.6. The van der Waals surface area contributed by atoms with Crippen molar-refractivity contribution >= 4 is 29.9 Å². The lowest BCUT2D eigenvalue weighted by Crippen LogP contribution is -2.39. The van der Waals surface area contributed by atoms with E-state index in [0.29, 0.717) is 13.1 Å². The van der Waals surface area contributed by atoms with Crippen LogP contribution in [0.4, 0.5) is 0 Å². The number of hydrogen-bond donors (Lipinski definition) is 2. The lowest BCUT2D eigenvalue weighted by molar-refractivity contribution is 0.683. The Labute approximate surface area is 212 Å². The Hall–Kier alpha value is -3.20. The second-order valence-corrected chi connectivity index (χ2v) is 7.59. The van der Waals surface area contributed by atoms with E-state index in [1.165, 1.54) is 22.3 Å². The van der Waals surface area contributed by atoms with Crippen LogP contribution in [0.5, 0.6) is 0 Å². The molecular weight excluding hydrogens is 523 g/mol. The number of nitrogens with one attached hydrogen (secondary N) is 2. The van der Waals surface area contributed by atoms with E-state index in [-0.39, 0.29) is 29.9 Å². The quantitative estimate of drug-likeness (QED) is 0.193. The minimum Gasteiger partial charge on any atom is -0.355 e. The normalized spacial score (nSPS) is 11.2. The monoisotopic (exact) mass is 552 g/mol. The molecule has 0 atom stereocenters. The molecule has 0 aliphatic heterocycles. The molecule has 6 nitrogen and oxygen atoms in total. The highest BCUT2D eigenvalue weighted by atomic mass is 127. The van der Waals surface area contributed by atoms with Crippen LogP contribution in [-0.2, 0) is 13.1 Å². The van der Waals surface area contributed by atoms with Gasteiger partial charge < -0.3 is 10.6 Å². The van der Waals surface area contributed by atoms with E-state index >= 15 is 0 Å². The topological polar surface area (TPSA) is 67.1 Å². The number of rotatable bonds is 8. The highest BCUT2D eigenvalue weighted by Gasteiger charge is 2.14. The van der Waals surface area contributed by atoms with Gasteiger partial charge in [0.2, 0.25) is 0 Å². The van der Waals surface area contributed by atoms with Crippen molar-refractivity contribution in [3.63, 3.8) is 0 Å². The van der Waals surface area contributed by atoms with Gasteiger partial charge in [-0.15, -0.1) is 24.0 Å². The van der Waals surface area contributed by atoms with Gasteiger partial charge in [0, 0.05) is 26.1 Å². The van der Waals surface area contributed by atoms with Crippen molar-refractivity contribution in [2.75, 3.05) is 13.6 Å². The Bertz CT molecular complexity index is 1070. The zero-order chi connectivity index (χ0) is 22.0. The Balaban J connectivity index is 0.00000306. The number of hydrogen-bond acceptors (Lipinski definition) is 3. The van der Waals surface area contributed by atoms with E-state index in [1.54, 1.807) is 19.7 Å². The third-order valence-corrected chi connectivity index (χ3v) is 5.36. The Morgan fingerprint density at radius 1 is 0.879 bits per heavy atom. The fourth-order valence-electron chi connectivity index (χ4n) is 3.74. The molecule has 0 aliphatic carbocycles. The van der Waals surface area contributed by atoms with Gasteiger partial charge in [0.25, 0.3) is 0 Å². The first-order valence-corrected chi connectivity index (χ1v) is 10.8. The molecule has 0 amide bonds. The molecule has 33 heavy (non-hydrogen) atoms. The molecule has 0 saturated carbocycles. The van der Waals surface area contributed by atoms with E-state index < -0.39 is 0 Å². The maximum Gasteiger partial charge on any atom is 0.191 e. The predicted molar refractivity (Wildman–Crippen MR) is 144 cm³/mol. The Morgan fingerprint density at radius 3 is 2.15 bits per heavy atom. The van der Waals surface area contributed by atoms with E-state index in [0.717, 1.165) is 12.5 Å². The van der Waals surface area contributed by atoms with Gasteiger partial charge in [0.1, 0.15) is 12.7 Å². The zero-order valence-corrected chi connectivity index (χ0v) is 21.0. The third kappa shape index (κ3) is 7.15. The zero-order valence-electron chi connectivity index (χ0n) is 18.6. The maximum absolute atomic E-state index is 4.42. The van der Waals surface area contributed by atoms with Crippen LogP contribution in [0.2, 0.25) is 0 Å². The molecule has 0 saturated heterocycles. The van der Waals surface area contributed by atoms with Crippen LogP contribution in [-0.4, -0.2) is 34.3 Å². The van der Waals surface area contributed by atoms with E-state index in [4.69, 9.17) is 0 Å². The molecule has 170 valence electrons. The summed E-state index contributed by atoms with van der Waals surface area (Å²) in [7, 11) is 1.80. The predicted octanol–water partition coefficient (Wildman–Crippen LogP) is 4.44. The van der Waals surface area contributed by atoms with Gasteiger partial charge in [-0.2, -0.15) is 5.10 Å². The molecule has 4 rings (SSSR count). The number of nitrogens with zero attached hydrogens (tertiary/aromatic N) is 4. The van der Waals surface area contributed by atoms with Gasteiger partial charge in [-0.3, -0.25) is 4.99 Å². The Morgan fingerprint density at radius 2 is 1.55 bits per heavy atom. The van der Waals surface area contributed by atoms with Gasteiger partial charge in [-0.1, -0.05) is 84.9 Å². The summed E-state index contributed by atoms with van der Waals surface area (Å²) in [5.41, 5.74) is 4.93. The number of aliphatic imine (C=N–C) groups is 1. The standard InChI is InChI=1S/C26H28N6.HI/c1-27-26(29-16-21-9-8-10-22(15-21)18-32-20-28-19-31-32)30-17-25(23-11-4-2-5-12-23)24-13-6-3-7-14-24;/h2-15,19-20,25H,16-18H2,1H3,(H2,27,29,30);1H. The average Bonchev–Trinajstić information content (AvgIpc) is 3.36. The molecule has 3 aromatic carbocycles.